The Morgan fingerprint density at radius 3 is 1.21 bits per heavy atom. The summed E-state index contributed by atoms with van der Waals surface area (Å²) in [7, 11) is 0. The largest absolute Gasteiger partial charge is 0.292 e. The standard InChI is InChI=1S/C53H34N4/c1-53(2)43-29-33(31-21-25-39-41(27-31)37-11-3-7-15-47(37)56-49-17-9-5-13-45(49)54-51(39)56)19-23-35(43)36-24-20-34(30-44(36)53)32-22-26-40-42(28-32)38-12-4-8-16-48(38)57-50-18-10-6-14-46(50)55-52(40)57/h3-30H,1-2H3. The van der Waals surface area contributed by atoms with Gasteiger partial charge in [-0.1, -0.05) is 111 Å². The van der Waals surface area contributed by atoms with Crippen LogP contribution in [-0.4, -0.2) is 18.8 Å². The van der Waals surface area contributed by atoms with Crippen molar-refractivity contribution in [3.05, 3.63) is 181 Å². The van der Waals surface area contributed by atoms with Gasteiger partial charge in [0.1, 0.15) is 11.3 Å². The fourth-order valence-corrected chi connectivity index (χ4v) is 10.1. The zero-order chi connectivity index (χ0) is 37.6. The average molecular weight is 727 g/mol. The number of para-hydroxylation sites is 6. The lowest BCUT2D eigenvalue weighted by Crippen LogP contribution is -2.15. The summed E-state index contributed by atoms with van der Waals surface area (Å²) >= 11 is 0. The Balaban J connectivity index is 0.930. The van der Waals surface area contributed by atoms with E-state index in [-0.39, 0.29) is 5.41 Å². The molecular formula is C53H34N4. The smallest absolute Gasteiger partial charge is 0.146 e. The molecular weight excluding hydrogens is 693 g/mol. The molecule has 4 nitrogen and oxygen atoms in total. The zero-order valence-corrected chi connectivity index (χ0v) is 31.5. The minimum atomic E-state index is -0.173. The van der Waals surface area contributed by atoms with Gasteiger partial charge in [0, 0.05) is 27.0 Å². The summed E-state index contributed by atoms with van der Waals surface area (Å²) in [5.74, 6) is 0. The summed E-state index contributed by atoms with van der Waals surface area (Å²) in [6.07, 6.45) is 0. The van der Waals surface area contributed by atoms with Gasteiger partial charge in [-0.15, -0.1) is 0 Å². The summed E-state index contributed by atoms with van der Waals surface area (Å²) < 4.78 is 4.63. The van der Waals surface area contributed by atoms with E-state index in [1.807, 2.05) is 0 Å². The Morgan fingerprint density at radius 1 is 0.351 bits per heavy atom. The molecule has 0 saturated carbocycles. The molecule has 12 aromatic rings. The molecule has 4 aromatic heterocycles. The van der Waals surface area contributed by atoms with E-state index in [1.165, 1.54) is 87.9 Å². The molecule has 0 saturated heterocycles. The molecule has 0 fully saturated rings. The second-order valence-corrected chi connectivity index (χ2v) is 16.2. The molecule has 0 N–H and O–H groups in total. The lowest BCUT2D eigenvalue weighted by molar-refractivity contribution is 0.661. The van der Waals surface area contributed by atoms with Crippen LogP contribution in [-0.2, 0) is 5.41 Å². The SMILES string of the molecule is CC1(C)c2cc(-c3ccc4c(c3)c3ccccc3n3c5ccccc5nc43)ccc2-c2ccc(-c3ccc4c(c3)c3ccccc3n3c5ccccc5nc43)cc21. The van der Waals surface area contributed by atoms with Crippen molar-refractivity contribution in [2.75, 3.05) is 0 Å². The Bertz CT molecular complexity index is 3490. The second-order valence-electron chi connectivity index (χ2n) is 16.2. The van der Waals surface area contributed by atoms with E-state index >= 15 is 0 Å². The maximum Gasteiger partial charge on any atom is 0.146 e. The van der Waals surface area contributed by atoms with Crippen molar-refractivity contribution < 1.29 is 0 Å². The van der Waals surface area contributed by atoms with Crippen LogP contribution in [0.15, 0.2) is 170 Å². The number of fused-ring (bicyclic) bond motifs is 19. The summed E-state index contributed by atoms with van der Waals surface area (Å²) in [4.78, 5) is 10.2. The van der Waals surface area contributed by atoms with Gasteiger partial charge in [-0.25, -0.2) is 9.97 Å². The molecule has 4 heteroatoms. The van der Waals surface area contributed by atoms with E-state index in [1.54, 1.807) is 0 Å². The second kappa shape index (κ2) is 10.9. The van der Waals surface area contributed by atoms with Crippen LogP contribution in [0.5, 0.6) is 0 Å². The third-order valence-corrected chi connectivity index (χ3v) is 12.9. The normalized spacial score (nSPS) is 13.6. The van der Waals surface area contributed by atoms with Crippen LogP contribution < -0.4 is 0 Å². The molecule has 266 valence electrons. The van der Waals surface area contributed by atoms with Crippen LogP contribution in [0.4, 0.5) is 0 Å². The highest BCUT2D eigenvalue weighted by molar-refractivity contribution is 6.16. The van der Waals surface area contributed by atoms with Crippen molar-refractivity contribution in [1.29, 1.82) is 0 Å². The Morgan fingerprint density at radius 2 is 0.737 bits per heavy atom. The summed E-state index contributed by atoms with van der Waals surface area (Å²) in [5, 5.41) is 7.25. The molecule has 0 unspecified atom stereocenters. The highest BCUT2D eigenvalue weighted by Crippen LogP contribution is 2.51. The number of pyridine rings is 2. The van der Waals surface area contributed by atoms with E-state index in [0.29, 0.717) is 0 Å². The Labute approximate surface area is 327 Å². The molecule has 1 aliphatic carbocycles. The maximum atomic E-state index is 5.12. The van der Waals surface area contributed by atoms with E-state index < -0.39 is 0 Å². The number of rotatable bonds is 2. The minimum absolute atomic E-state index is 0.173. The first kappa shape index (κ1) is 31.0. The number of aromatic nitrogens is 4. The van der Waals surface area contributed by atoms with Gasteiger partial charge in [0.25, 0.3) is 0 Å². The quantitative estimate of drug-likeness (QED) is 0.166. The number of imidazole rings is 2. The lowest BCUT2D eigenvalue weighted by Gasteiger charge is -2.23. The minimum Gasteiger partial charge on any atom is -0.292 e. The van der Waals surface area contributed by atoms with Gasteiger partial charge in [0.05, 0.1) is 33.1 Å². The summed E-state index contributed by atoms with van der Waals surface area (Å²) in [6, 6.07) is 62.3. The zero-order valence-electron chi connectivity index (χ0n) is 31.5. The number of nitrogens with zero attached hydrogens (tertiary/aromatic N) is 4. The lowest BCUT2D eigenvalue weighted by atomic mass is 9.80. The molecule has 0 atom stereocenters. The molecule has 0 radical (unpaired) electrons. The Kier molecular flexibility index (Phi) is 5.94. The predicted octanol–water partition coefficient (Wildman–Crippen LogP) is 13.5. The van der Waals surface area contributed by atoms with E-state index in [4.69, 9.17) is 9.97 Å². The Hall–Kier alpha value is -7.30. The third-order valence-electron chi connectivity index (χ3n) is 12.9. The van der Waals surface area contributed by atoms with Crippen molar-refractivity contribution in [2.45, 2.75) is 19.3 Å². The van der Waals surface area contributed by atoms with Gasteiger partial charge < -0.3 is 0 Å². The highest BCUT2D eigenvalue weighted by Gasteiger charge is 2.36. The fraction of sp³-hybridized carbons (Fsp3) is 0.0566. The van der Waals surface area contributed by atoms with Gasteiger partial charge in [0.2, 0.25) is 0 Å². The monoisotopic (exact) mass is 726 g/mol. The molecule has 57 heavy (non-hydrogen) atoms. The fourth-order valence-electron chi connectivity index (χ4n) is 10.1. The van der Waals surface area contributed by atoms with Gasteiger partial charge >= 0.3 is 0 Å². The van der Waals surface area contributed by atoms with Crippen molar-refractivity contribution >= 4 is 76.7 Å². The highest BCUT2D eigenvalue weighted by atomic mass is 15.0. The third kappa shape index (κ3) is 4.11. The molecule has 4 heterocycles. The first-order chi connectivity index (χ1) is 28.0. The molecule has 0 amide bonds. The van der Waals surface area contributed by atoms with Crippen LogP contribution in [0.2, 0.25) is 0 Å². The van der Waals surface area contributed by atoms with E-state index in [9.17, 15) is 0 Å². The first-order valence-electron chi connectivity index (χ1n) is 19.7. The number of hydrogen-bond donors (Lipinski definition) is 0. The van der Waals surface area contributed by atoms with Crippen molar-refractivity contribution in [1.82, 2.24) is 18.8 Å². The summed E-state index contributed by atoms with van der Waals surface area (Å²) in [6.45, 7) is 4.76. The number of hydrogen-bond acceptors (Lipinski definition) is 2. The molecule has 0 spiro atoms. The van der Waals surface area contributed by atoms with Gasteiger partial charge in [0.15, 0.2) is 0 Å². The molecule has 13 rings (SSSR count). The predicted molar refractivity (Wildman–Crippen MR) is 237 cm³/mol. The van der Waals surface area contributed by atoms with Gasteiger partial charge in [-0.2, -0.15) is 0 Å². The maximum absolute atomic E-state index is 5.12. The van der Waals surface area contributed by atoms with Crippen LogP contribution in [0.25, 0.3) is 110 Å². The van der Waals surface area contributed by atoms with Crippen molar-refractivity contribution in [3.63, 3.8) is 0 Å². The van der Waals surface area contributed by atoms with Gasteiger partial charge in [-0.05, 0) is 128 Å². The molecule has 0 bridgehead atoms. The van der Waals surface area contributed by atoms with Crippen molar-refractivity contribution in [2.24, 2.45) is 0 Å². The average Bonchev–Trinajstić information content (AvgIpc) is 3.92. The van der Waals surface area contributed by atoms with E-state index in [2.05, 4.69) is 193 Å². The first-order valence-corrected chi connectivity index (χ1v) is 19.7. The molecule has 1 aliphatic rings. The topological polar surface area (TPSA) is 34.6 Å². The van der Waals surface area contributed by atoms with E-state index in [0.717, 1.165) is 33.4 Å². The van der Waals surface area contributed by atoms with Gasteiger partial charge in [-0.3, -0.25) is 8.80 Å². The van der Waals surface area contributed by atoms with Crippen LogP contribution in [0, 0.1) is 0 Å². The number of benzene rings is 8. The van der Waals surface area contributed by atoms with Crippen LogP contribution in [0.3, 0.4) is 0 Å². The summed E-state index contributed by atoms with van der Waals surface area (Å²) in [5.41, 5.74) is 18.7. The van der Waals surface area contributed by atoms with Crippen LogP contribution >= 0.6 is 0 Å². The van der Waals surface area contributed by atoms with Crippen molar-refractivity contribution in [3.8, 4) is 33.4 Å². The molecule has 0 aliphatic heterocycles. The molecule has 8 aromatic carbocycles. The van der Waals surface area contributed by atoms with Crippen LogP contribution in [0.1, 0.15) is 25.0 Å².